The highest BCUT2D eigenvalue weighted by atomic mass is 16.6. The van der Waals surface area contributed by atoms with Gasteiger partial charge in [-0.3, -0.25) is 0 Å². The summed E-state index contributed by atoms with van der Waals surface area (Å²) in [6.07, 6.45) is 8.98. The monoisotopic (exact) mass is 361 g/mol. The second-order valence-corrected chi connectivity index (χ2v) is 7.36. The van der Waals surface area contributed by atoms with Crippen LogP contribution in [-0.4, -0.2) is 64.2 Å². The average Bonchev–Trinajstić information content (AvgIpc) is 2.60. The fourth-order valence-corrected chi connectivity index (χ4v) is 3.71. The van der Waals surface area contributed by atoms with Crippen molar-refractivity contribution >= 4 is 0 Å². The number of aliphatic hydroxyl groups is 4. The van der Waals surface area contributed by atoms with Crippen LogP contribution in [0.2, 0.25) is 0 Å². The quantitative estimate of drug-likeness (QED) is 0.320. The Morgan fingerprint density at radius 2 is 1.40 bits per heavy atom. The van der Waals surface area contributed by atoms with Gasteiger partial charge in [-0.05, 0) is 13.5 Å². The van der Waals surface area contributed by atoms with Gasteiger partial charge in [0, 0.05) is 6.42 Å². The molecule has 0 aromatic rings. The van der Waals surface area contributed by atoms with Gasteiger partial charge in [0.15, 0.2) is 5.79 Å². The van der Waals surface area contributed by atoms with Crippen LogP contribution < -0.4 is 5.32 Å². The zero-order valence-corrected chi connectivity index (χ0v) is 16.0. The Hall–Kier alpha value is -0.240. The van der Waals surface area contributed by atoms with E-state index in [1.807, 2.05) is 0 Å². The number of aliphatic hydroxyl groups excluding tert-OH is 3. The maximum Gasteiger partial charge on any atom is 0.184 e. The first-order chi connectivity index (χ1) is 12.0. The molecule has 0 amide bonds. The van der Waals surface area contributed by atoms with E-state index in [-0.39, 0.29) is 0 Å². The van der Waals surface area contributed by atoms with Gasteiger partial charge in [-0.25, -0.2) is 0 Å². The standard InChI is InChI=1S/C19H39NO5/c1-3-4-5-6-7-8-9-10-11-12-13-19(24)18(20-2)17(23)16(22)15(14-21)25-19/h15-18,20-24H,3-14H2,1-2H3/t15-,16-,17+,18-,19?/m1/s1. The summed E-state index contributed by atoms with van der Waals surface area (Å²) >= 11 is 0. The van der Waals surface area contributed by atoms with Crippen LogP contribution in [-0.2, 0) is 4.74 Å². The van der Waals surface area contributed by atoms with Crippen molar-refractivity contribution in [2.24, 2.45) is 0 Å². The van der Waals surface area contributed by atoms with Crippen LogP contribution in [0, 0.1) is 0 Å². The lowest BCUT2D eigenvalue weighted by Gasteiger charge is -2.47. The molecular formula is C19H39NO5. The van der Waals surface area contributed by atoms with Crippen LogP contribution >= 0.6 is 0 Å². The third-order valence-corrected chi connectivity index (χ3v) is 5.29. The third-order valence-electron chi connectivity index (χ3n) is 5.29. The van der Waals surface area contributed by atoms with Gasteiger partial charge >= 0.3 is 0 Å². The lowest BCUT2D eigenvalue weighted by Crippen LogP contribution is -2.69. The van der Waals surface area contributed by atoms with Crippen molar-refractivity contribution in [2.45, 2.75) is 108 Å². The molecule has 5 atom stereocenters. The van der Waals surface area contributed by atoms with Gasteiger partial charge in [-0.15, -0.1) is 0 Å². The molecule has 25 heavy (non-hydrogen) atoms. The molecular weight excluding hydrogens is 322 g/mol. The second kappa shape index (κ2) is 12.2. The van der Waals surface area contributed by atoms with E-state index in [0.717, 1.165) is 19.3 Å². The molecule has 150 valence electrons. The molecule has 1 aliphatic heterocycles. The second-order valence-electron chi connectivity index (χ2n) is 7.36. The Labute approximate surface area is 152 Å². The molecule has 0 radical (unpaired) electrons. The zero-order valence-electron chi connectivity index (χ0n) is 16.0. The van der Waals surface area contributed by atoms with Crippen molar-refractivity contribution in [3.05, 3.63) is 0 Å². The average molecular weight is 362 g/mol. The number of hydrogen-bond donors (Lipinski definition) is 5. The first kappa shape index (κ1) is 22.8. The Kier molecular flexibility index (Phi) is 11.1. The predicted molar refractivity (Wildman–Crippen MR) is 98.2 cm³/mol. The van der Waals surface area contributed by atoms with E-state index in [0.29, 0.717) is 6.42 Å². The van der Waals surface area contributed by atoms with E-state index < -0.39 is 36.7 Å². The summed E-state index contributed by atoms with van der Waals surface area (Å²) in [7, 11) is 1.62. The number of nitrogens with one attached hydrogen (secondary N) is 1. The number of likely N-dealkylation sites (N-methyl/N-ethyl adjacent to an activating group) is 1. The third kappa shape index (κ3) is 7.12. The van der Waals surface area contributed by atoms with E-state index in [9.17, 15) is 20.4 Å². The SMILES string of the molecule is CCCCCCCCCCCCC1(O)O[C@H](CO)[C@@H](O)[C@H](O)[C@H]1NC. The summed E-state index contributed by atoms with van der Waals surface area (Å²) < 4.78 is 5.52. The fourth-order valence-electron chi connectivity index (χ4n) is 3.71. The van der Waals surface area contributed by atoms with Gasteiger partial charge in [0.1, 0.15) is 18.3 Å². The molecule has 5 N–H and O–H groups in total. The van der Waals surface area contributed by atoms with E-state index in [4.69, 9.17) is 4.74 Å². The minimum absolute atomic E-state index is 0.370. The molecule has 1 saturated heterocycles. The normalized spacial score (nSPS) is 32.9. The maximum atomic E-state index is 10.8. The summed E-state index contributed by atoms with van der Waals surface area (Å²) in [5, 5.41) is 43.0. The maximum absolute atomic E-state index is 10.8. The van der Waals surface area contributed by atoms with Crippen LogP contribution in [0.3, 0.4) is 0 Å². The minimum Gasteiger partial charge on any atom is -0.394 e. The molecule has 6 heteroatoms. The summed E-state index contributed by atoms with van der Waals surface area (Å²) in [5.41, 5.74) is 0. The van der Waals surface area contributed by atoms with Crippen LogP contribution in [0.25, 0.3) is 0 Å². The molecule has 6 nitrogen and oxygen atoms in total. The molecule has 1 fully saturated rings. The topological polar surface area (TPSA) is 102 Å². The molecule has 0 aromatic carbocycles. The van der Waals surface area contributed by atoms with Gasteiger partial charge in [0.2, 0.25) is 0 Å². The Balaban J connectivity index is 2.27. The van der Waals surface area contributed by atoms with Crippen molar-refractivity contribution in [1.29, 1.82) is 0 Å². The van der Waals surface area contributed by atoms with E-state index in [1.54, 1.807) is 7.05 Å². The van der Waals surface area contributed by atoms with Crippen LogP contribution in [0.4, 0.5) is 0 Å². The number of hydrogen-bond acceptors (Lipinski definition) is 6. The Morgan fingerprint density at radius 1 is 0.880 bits per heavy atom. The number of unbranched alkanes of at least 4 members (excludes halogenated alkanes) is 9. The summed E-state index contributed by atoms with van der Waals surface area (Å²) in [4.78, 5) is 0. The first-order valence-corrected chi connectivity index (χ1v) is 10.0. The van der Waals surface area contributed by atoms with Crippen molar-refractivity contribution < 1.29 is 25.2 Å². The van der Waals surface area contributed by atoms with Crippen molar-refractivity contribution in [2.75, 3.05) is 13.7 Å². The molecule has 0 spiro atoms. The minimum atomic E-state index is -1.57. The molecule has 1 aliphatic rings. The predicted octanol–water partition coefficient (Wildman–Crippen LogP) is 1.69. The number of rotatable bonds is 13. The van der Waals surface area contributed by atoms with Crippen molar-refractivity contribution in [3.8, 4) is 0 Å². The summed E-state index contributed by atoms with van der Waals surface area (Å²) in [5.74, 6) is -1.57. The van der Waals surface area contributed by atoms with Crippen molar-refractivity contribution in [3.63, 3.8) is 0 Å². The molecule has 0 aliphatic carbocycles. The molecule has 1 unspecified atom stereocenters. The summed E-state index contributed by atoms with van der Waals surface area (Å²) in [6.45, 7) is 1.79. The van der Waals surface area contributed by atoms with Gasteiger partial charge in [-0.1, -0.05) is 64.7 Å². The van der Waals surface area contributed by atoms with Gasteiger partial charge in [0.05, 0.1) is 12.6 Å². The van der Waals surface area contributed by atoms with Gasteiger partial charge in [-0.2, -0.15) is 0 Å². The Morgan fingerprint density at radius 3 is 1.88 bits per heavy atom. The molecule has 1 heterocycles. The van der Waals surface area contributed by atoms with Gasteiger partial charge in [0.25, 0.3) is 0 Å². The molecule has 0 saturated carbocycles. The zero-order chi connectivity index (χ0) is 18.7. The Bertz CT molecular complexity index is 344. The smallest absolute Gasteiger partial charge is 0.184 e. The molecule has 0 bridgehead atoms. The van der Waals surface area contributed by atoms with E-state index in [1.165, 1.54) is 44.9 Å². The van der Waals surface area contributed by atoms with E-state index in [2.05, 4.69) is 12.2 Å². The highest BCUT2D eigenvalue weighted by Crippen LogP contribution is 2.32. The number of ether oxygens (including phenoxy) is 1. The van der Waals surface area contributed by atoms with Crippen LogP contribution in [0.15, 0.2) is 0 Å². The first-order valence-electron chi connectivity index (χ1n) is 10.0. The van der Waals surface area contributed by atoms with Crippen molar-refractivity contribution in [1.82, 2.24) is 5.32 Å². The largest absolute Gasteiger partial charge is 0.394 e. The summed E-state index contributed by atoms with van der Waals surface area (Å²) in [6, 6.07) is -0.774. The van der Waals surface area contributed by atoms with E-state index >= 15 is 0 Å². The van der Waals surface area contributed by atoms with Gasteiger partial charge < -0.3 is 30.5 Å². The van der Waals surface area contributed by atoms with Crippen LogP contribution in [0.1, 0.15) is 77.6 Å². The highest BCUT2D eigenvalue weighted by molar-refractivity contribution is 4.99. The van der Waals surface area contributed by atoms with Crippen LogP contribution in [0.5, 0.6) is 0 Å². The molecule has 0 aromatic heterocycles. The highest BCUT2D eigenvalue weighted by Gasteiger charge is 2.51. The lowest BCUT2D eigenvalue weighted by atomic mass is 9.87. The molecule has 1 rings (SSSR count). The lowest BCUT2D eigenvalue weighted by molar-refractivity contribution is -0.321. The fraction of sp³-hybridized carbons (Fsp3) is 1.00.